The van der Waals surface area contributed by atoms with E-state index in [1.165, 1.54) is 0 Å². The number of hydrogen-bond acceptors (Lipinski definition) is 4. The van der Waals surface area contributed by atoms with E-state index in [1.54, 1.807) is 4.90 Å². The summed E-state index contributed by atoms with van der Waals surface area (Å²) in [6.45, 7) is 12.1. The predicted molar refractivity (Wildman–Crippen MR) is 79.7 cm³/mol. The zero-order valence-electron chi connectivity index (χ0n) is 13.4. The molecule has 0 aliphatic carbocycles. The lowest BCUT2D eigenvalue weighted by Gasteiger charge is -2.34. The van der Waals surface area contributed by atoms with Crippen LogP contribution in [0, 0.1) is 5.92 Å². The Hall–Kier alpha value is -0.810. The topological polar surface area (TPSA) is 53.0 Å². The van der Waals surface area contributed by atoms with Gasteiger partial charge in [-0.15, -0.1) is 0 Å². The molecule has 1 N–H and O–H groups in total. The summed E-state index contributed by atoms with van der Waals surface area (Å²) >= 11 is 0. The highest BCUT2D eigenvalue weighted by atomic mass is 16.6. The fourth-order valence-electron chi connectivity index (χ4n) is 2.50. The fraction of sp³-hybridized carbons (Fsp3) is 0.933. The van der Waals surface area contributed by atoms with Crippen molar-refractivity contribution >= 4 is 6.09 Å². The van der Waals surface area contributed by atoms with E-state index in [0.29, 0.717) is 12.5 Å². The number of hydrogen-bond donors (Lipinski definition) is 1. The van der Waals surface area contributed by atoms with Crippen molar-refractivity contribution in [2.75, 3.05) is 39.3 Å². The molecule has 0 bridgehead atoms. The van der Waals surface area contributed by atoms with Gasteiger partial charge in [-0.05, 0) is 59.5 Å². The van der Waals surface area contributed by atoms with Crippen LogP contribution in [-0.4, -0.2) is 65.9 Å². The fourth-order valence-corrected chi connectivity index (χ4v) is 2.50. The molecule has 1 heterocycles. The number of β-amino-alcohol motifs (C(OH)–C–C–N with tert-alkyl or cyclic N) is 1. The second-order valence-electron chi connectivity index (χ2n) is 6.53. The van der Waals surface area contributed by atoms with Crippen molar-refractivity contribution in [1.29, 1.82) is 0 Å². The maximum Gasteiger partial charge on any atom is 0.410 e. The molecular formula is C15H30N2O3. The summed E-state index contributed by atoms with van der Waals surface area (Å²) in [6, 6.07) is 0. The smallest absolute Gasteiger partial charge is 0.410 e. The second-order valence-corrected chi connectivity index (χ2v) is 6.53. The maximum absolute atomic E-state index is 12.1. The van der Waals surface area contributed by atoms with Gasteiger partial charge in [0, 0.05) is 19.6 Å². The number of piperidine rings is 1. The molecular weight excluding hydrogens is 256 g/mol. The van der Waals surface area contributed by atoms with Gasteiger partial charge in [-0.2, -0.15) is 0 Å². The molecule has 0 saturated carbocycles. The van der Waals surface area contributed by atoms with Gasteiger partial charge in [-0.25, -0.2) is 4.79 Å². The Morgan fingerprint density at radius 2 is 1.95 bits per heavy atom. The van der Waals surface area contributed by atoms with Gasteiger partial charge in [0.1, 0.15) is 5.60 Å². The van der Waals surface area contributed by atoms with Crippen molar-refractivity contribution in [1.82, 2.24) is 9.80 Å². The first-order valence-corrected chi connectivity index (χ1v) is 7.67. The van der Waals surface area contributed by atoms with Gasteiger partial charge in [0.2, 0.25) is 0 Å². The van der Waals surface area contributed by atoms with Crippen LogP contribution >= 0.6 is 0 Å². The van der Waals surface area contributed by atoms with E-state index < -0.39 is 5.60 Å². The van der Waals surface area contributed by atoms with Gasteiger partial charge in [0.15, 0.2) is 0 Å². The number of nitrogens with zero attached hydrogens (tertiary/aromatic N) is 2. The lowest BCUT2D eigenvalue weighted by atomic mass is 9.96. The molecule has 0 aromatic carbocycles. The zero-order valence-corrected chi connectivity index (χ0v) is 13.4. The van der Waals surface area contributed by atoms with Crippen LogP contribution in [0.15, 0.2) is 0 Å². The van der Waals surface area contributed by atoms with Crippen molar-refractivity contribution in [2.24, 2.45) is 5.92 Å². The molecule has 1 aliphatic heterocycles. The lowest BCUT2D eigenvalue weighted by molar-refractivity contribution is 0.0204. The minimum atomic E-state index is -0.436. The Morgan fingerprint density at radius 1 is 1.35 bits per heavy atom. The van der Waals surface area contributed by atoms with Crippen LogP contribution < -0.4 is 0 Å². The predicted octanol–water partition coefficient (Wildman–Crippen LogP) is 1.95. The molecule has 1 rings (SSSR count). The molecule has 20 heavy (non-hydrogen) atoms. The summed E-state index contributed by atoms with van der Waals surface area (Å²) in [5.41, 5.74) is -0.436. The van der Waals surface area contributed by atoms with E-state index >= 15 is 0 Å². The number of ether oxygens (including phenoxy) is 1. The van der Waals surface area contributed by atoms with Gasteiger partial charge in [0.05, 0.1) is 6.61 Å². The van der Waals surface area contributed by atoms with Crippen LogP contribution in [-0.2, 0) is 4.74 Å². The molecule has 1 fully saturated rings. The van der Waals surface area contributed by atoms with Crippen LogP contribution in [0.5, 0.6) is 0 Å². The number of carbonyl (C=O) groups excluding carboxylic acids is 1. The van der Waals surface area contributed by atoms with Gasteiger partial charge in [-0.3, -0.25) is 0 Å². The van der Waals surface area contributed by atoms with Gasteiger partial charge in [-0.1, -0.05) is 0 Å². The zero-order chi connectivity index (χ0) is 15.2. The highest BCUT2D eigenvalue weighted by molar-refractivity contribution is 5.68. The van der Waals surface area contributed by atoms with E-state index in [-0.39, 0.29) is 12.7 Å². The van der Waals surface area contributed by atoms with Crippen LogP contribution in [0.25, 0.3) is 0 Å². The van der Waals surface area contributed by atoms with Crippen LogP contribution in [0.2, 0.25) is 0 Å². The van der Waals surface area contributed by atoms with Gasteiger partial charge in [0.25, 0.3) is 0 Å². The number of aliphatic hydroxyl groups is 1. The maximum atomic E-state index is 12.1. The van der Waals surface area contributed by atoms with E-state index in [1.807, 2.05) is 27.7 Å². The first kappa shape index (κ1) is 17.2. The molecule has 5 nitrogen and oxygen atoms in total. The van der Waals surface area contributed by atoms with Gasteiger partial charge >= 0.3 is 6.09 Å². The SMILES string of the molecule is CCN(CC1CCN(CCO)CC1)C(=O)OC(C)(C)C. The van der Waals surface area contributed by atoms with Crippen molar-refractivity contribution in [2.45, 2.75) is 46.1 Å². The first-order valence-electron chi connectivity index (χ1n) is 7.67. The van der Waals surface area contributed by atoms with E-state index in [4.69, 9.17) is 9.84 Å². The monoisotopic (exact) mass is 286 g/mol. The van der Waals surface area contributed by atoms with Crippen LogP contribution in [0.4, 0.5) is 4.79 Å². The van der Waals surface area contributed by atoms with E-state index in [0.717, 1.165) is 39.0 Å². The normalized spacial score (nSPS) is 18.1. The molecule has 1 aliphatic rings. The molecule has 118 valence electrons. The molecule has 0 aromatic rings. The summed E-state index contributed by atoms with van der Waals surface area (Å²) < 4.78 is 5.44. The standard InChI is InChI=1S/C15H30N2O3/c1-5-17(14(19)20-15(2,3)4)12-13-6-8-16(9-7-13)10-11-18/h13,18H,5-12H2,1-4H3. The Labute approximate surface area is 122 Å². The number of rotatable bonds is 5. The lowest BCUT2D eigenvalue weighted by Crippen LogP contribution is -2.43. The first-order chi connectivity index (χ1) is 9.35. The van der Waals surface area contributed by atoms with Crippen molar-refractivity contribution in [3.05, 3.63) is 0 Å². The van der Waals surface area contributed by atoms with Crippen molar-refractivity contribution in [3.63, 3.8) is 0 Å². The molecule has 1 amide bonds. The van der Waals surface area contributed by atoms with Crippen molar-refractivity contribution < 1.29 is 14.6 Å². The minimum absolute atomic E-state index is 0.210. The van der Waals surface area contributed by atoms with Crippen LogP contribution in [0.1, 0.15) is 40.5 Å². The van der Waals surface area contributed by atoms with Gasteiger partial charge < -0.3 is 19.6 Å². The van der Waals surface area contributed by atoms with E-state index in [9.17, 15) is 4.79 Å². The minimum Gasteiger partial charge on any atom is -0.444 e. The molecule has 0 unspecified atom stereocenters. The Kier molecular flexibility index (Phi) is 6.76. The average molecular weight is 286 g/mol. The number of carbonyl (C=O) groups is 1. The quantitative estimate of drug-likeness (QED) is 0.839. The summed E-state index contributed by atoms with van der Waals surface area (Å²) in [5, 5.41) is 8.94. The number of aliphatic hydroxyl groups excluding tert-OH is 1. The average Bonchev–Trinajstić information content (AvgIpc) is 2.36. The van der Waals surface area contributed by atoms with E-state index in [2.05, 4.69) is 4.90 Å². The summed E-state index contributed by atoms with van der Waals surface area (Å²) in [4.78, 5) is 16.2. The summed E-state index contributed by atoms with van der Waals surface area (Å²) in [6.07, 6.45) is 1.95. The summed E-state index contributed by atoms with van der Waals surface area (Å²) in [5.74, 6) is 0.539. The Morgan fingerprint density at radius 3 is 2.40 bits per heavy atom. The molecule has 0 aromatic heterocycles. The number of likely N-dealkylation sites (tertiary alicyclic amines) is 1. The third kappa shape index (κ3) is 6.09. The molecule has 0 atom stereocenters. The van der Waals surface area contributed by atoms with Crippen molar-refractivity contribution in [3.8, 4) is 0 Å². The molecule has 5 heteroatoms. The molecule has 0 radical (unpaired) electrons. The third-order valence-electron chi connectivity index (χ3n) is 3.64. The third-order valence-corrected chi connectivity index (χ3v) is 3.64. The highest BCUT2D eigenvalue weighted by Gasteiger charge is 2.25. The Bertz CT molecular complexity index is 294. The molecule has 1 saturated heterocycles. The highest BCUT2D eigenvalue weighted by Crippen LogP contribution is 2.19. The second kappa shape index (κ2) is 7.84. The molecule has 0 spiro atoms. The largest absolute Gasteiger partial charge is 0.444 e. The summed E-state index contributed by atoms with van der Waals surface area (Å²) in [7, 11) is 0. The van der Waals surface area contributed by atoms with Crippen LogP contribution in [0.3, 0.4) is 0 Å². The Balaban J connectivity index is 2.40. The number of amides is 1.